The summed E-state index contributed by atoms with van der Waals surface area (Å²) in [6, 6.07) is 5.09. The van der Waals surface area contributed by atoms with Gasteiger partial charge in [0.15, 0.2) is 5.78 Å². The van der Waals surface area contributed by atoms with Crippen LogP contribution in [-0.4, -0.2) is 44.6 Å². The van der Waals surface area contributed by atoms with Crippen LogP contribution in [0.3, 0.4) is 0 Å². The normalized spacial score (nSPS) is 17.4. The van der Waals surface area contributed by atoms with Crippen molar-refractivity contribution in [2.45, 2.75) is 11.0 Å². The number of hydrogen-bond acceptors (Lipinski definition) is 7. The maximum absolute atomic E-state index is 10.9. The van der Waals surface area contributed by atoms with Gasteiger partial charge in [-0.05, 0) is 30.3 Å². The molecule has 1 unspecified atom stereocenters. The van der Waals surface area contributed by atoms with Crippen molar-refractivity contribution in [1.29, 1.82) is 0 Å². The zero-order chi connectivity index (χ0) is 15.9. The third kappa shape index (κ3) is 7.50. The van der Waals surface area contributed by atoms with E-state index >= 15 is 0 Å². The standard InChI is InChI=1S/C7H11NO2.C6H7NO3S.Na/c1-2-6(9)7-5-8-3-4-10-7;7-5-1-3-6(4-2-5)11(8,9)10;/h2,7-8H,1,3-5H2;1-4H,7H2,(H,8,9,10);/q;;+1/p-1. The first-order valence-electron chi connectivity index (χ1n) is 6.14. The van der Waals surface area contributed by atoms with Crippen molar-refractivity contribution in [2.24, 2.45) is 0 Å². The predicted octanol–water partition coefficient (Wildman–Crippen LogP) is -3.09. The number of morpholine rings is 1. The number of carbonyl (C=O) groups is 1. The Labute approximate surface area is 152 Å². The summed E-state index contributed by atoms with van der Waals surface area (Å²) in [6.45, 7) is 5.44. The van der Waals surface area contributed by atoms with Crippen molar-refractivity contribution in [2.75, 3.05) is 25.4 Å². The maximum atomic E-state index is 10.9. The largest absolute Gasteiger partial charge is 1.00 e. The smallest absolute Gasteiger partial charge is 0.744 e. The van der Waals surface area contributed by atoms with Crippen LogP contribution in [0, 0.1) is 0 Å². The molecule has 7 nitrogen and oxygen atoms in total. The summed E-state index contributed by atoms with van der Waals surface area (Å²) in [4.78, 5) is 10.6. The molecule has 0 bridgehead atoms. The fourth-order valence-electron chi connectivity index (χ4n) is 1.51. The van der Waals surface area contributed by atoms with E-state index in [-0.39, 0.29) is 46.3 Å². The Morgan fingerprint density at radius 2 is 2.00 bits per heavy atom. The molecule has 116 valence electrons. The molecular weight excluding hydrogens is 319 g/mol. The second kappa shape index (κ2) is 10.1. The van der Waals surface area contributed by atoms with Gasteiger partial charge >= 0.3 is 29.6 Å². The van der Waals surface area contributed by atoms with Crippen LogP contribution in [0.5, 0.6) is 0 Å². The van der Waals surface area contributed by atoms with Crippen molar-refractivity contribution >= 4 is 21.6 Å². The first kappa shape index (κ1) is 21.3. The Morgan fingerprint density at radius 1 is 1.41 bits per heavy atom. The number of ketones is 1. The summed E-state index contributed by atoms with van der Waals surface area (Å²) in [5.41, 5.74) is 5.70. The minimum atomic E-state index is -4.33. The number of anilines is 1. The first-order chi connectivity index (χ1) is 9.84. The van der Waals surface area contributed by atoms with E-state index in [1.807, 2.05) is 0 Å². The van der Waals surface area contributed by atoms with E-state index in [0.717, 1.165) is 6.54 Å². The van der Waals surface area contributed by atoms with E-state index in [1.54, 1.807) is 0 Å². The van der Waals surface area contributed by atoms with Crippen molar-refractivity contribution in [3.8, 4) is 0 Å². The predicted molar refractivity (Wildman–Crippen MR) is 76.6 cm³/mol. The molecule has 0 radical (unpaired) electrons. The molecule has 1 saturated heterocycles. The monoisotopic (exact) mass is 336 g/mol. The van der Waals surface area contributed by atoms with Gasteiger partial charge in [0.1, 0.15) is 16.2 Å². The van der Waals surface area contributed by atoms with E-state index in [4.69, 9.17) is 10.5 Å². The first-order valence-corrected chi connectivity index (χ1v) is 7.55. The number of hydrogen-bond donors (Lipinski definition) is 2. The molecule has 1 heterocycles. The molecule has 1 fully saturated rings. The van der Waals surface area contributed by atoms with Crippen molar-refractivity contribution in [3.63, 3.8) is 0 Å². The van der Waals surface area contributed by atoms with Gasteiger partial charge in [-0.25, -0.2) is 8.42 Å². The molecule has 2 rings (SSSR count). The number of benzene rings is 1. The molecule has 1 aliphatic heterocycles. The molecule has 1 aromatic rings. The van der Waals surface area contributed by atoms with Gasteiger partial charge in [-0.2, -0.15) is 0 Å². The molecule has 9 heteroatoms. The zero-order valence-corrected chi connectivity index (χ0v) is 15.1. The van der Waals surface area contributed by atoms with Gasteiger partial charge in [-0.1, -0.05) is 6.58 Å². The summed E-state index contributed by atoms with van der Waals surface area (Å²) < 4.78 is 36.2. The number of carbonyl (C=O) groups excluding carboxylic acids is 1. The van der Waals surface area contributed by atoms with E-state index < -0.39 is 10.1 Å². The second-order valence-electron chi connectivity index (χ2n) is 4.19. The zero-order valence-electron chi connectivity index (χ0n) is 12.3. The molecule has 0 saturated carbocycles. The average Bonchev–Trinajstić information content (AvgIpc) is 2.47. The Bertz CT molecular complexity index is 583. The summed E-state index contributed by atoms with van der Waals surface area (Å²) in [7, 11) is -4.33. The van der Waals surface area contributed by atoms with Crippen LogP contribution >= 0.6 is 0 Å². The topological polar surface area (TPSA) is 122 Å². The Morgan fingerprint density at radius 3 is 2.41 bits per heavy atom. The van der Waals surface area contributed by atoms with Gasteiger partial charge in [0.05, 0.1) is 11.5 Å². The summed E-state index contributed by atoms with van der Waals surface area (Å²) >= 11 is 0. The molecule has 0 aliphatic carbocycles. The van der Waals surface area contributed by atoms with E-state index in [1.165, 1.54) is 30.3 Å². The van der Waals surface area contributed by atoms with Gasteiger partial charge in [0.25, 0.3) is 0 Å². The van der Waals surface area contributed by atoms with Crippen LogP contribution in [0.1, 0.15) is 0 Å². The van der Waals surface area contributed by atoms with Gasteiger partial charge in [0.2, 0.25) is 0 Å². The molecule has 3 N–H and O–H groups in total. The van der Waals surface area contributed by atoms with Crippen LogP contribution in [0.4, 0.5) is 5.69 Å². The van der Waals surface area contributed by atoms with Crippen molar-refractivity contribution in [3.05, 3.63) is 36.9 Å². The summed E-state index contributed by atoms with van der Waals surface area (Å²) in [5.74, 6) is -0.0350. The molecule has 0 spiro atoms. The molecule has 1 aliphatic rings. The SMILES string of the molecule is C=CC(=O)C1CNCCO1.Nc1ccc(S(=O)(=O)[O-])cc1.[Na+]. The molecule has 1 atom stereocenters. The fourth-order valence-corrected chi connectivity index (χ4v) is 1.98. The minimum absolute atomic E-state index is 0. The van der Waals surface area contributed by atoms with Crippen LogP contribution in [0.2, 0.25) is 0 Å². The number of nitrogens with two attached hydrogens (primary N) is 1. The second-order valence-corrected chi connectivity index (χ2v) is 5.57. The van der Waals surface area contributed by atoms with Crippen LogP contribution in [0.25, 0.3) is 0 Å². The van der Waals surface area contributed by atoms with E-state index in [0.29, 0.717) is 18.8 Å². The van der Waals surface area contributed by atoms with Gasteiger partial charge in [-0.3, -0.25) is 4.79 Å². The third-order valence-corrected chi connectivity index (χ3v) is 3.46. The Hall–Kier alpha value is -0.740. The number of nitrogens with one attached hydrogen (secondary N) is 1. The fraction of sp³-hybridized carbons (Fsp3) is 0.308. The van der Waals surface area contributed by atoms with E-state index in [2.05, 4.69) is 11.9 Å². The summed E-state index contributed by atoms with van der Waals surface area (Å²) in [5, 5.41) is 3.06. The van der Waals surface area contributed by atoms with Gasteiger partial charge < -0.3 is 20.3 Å². The molecule has 1 aromatic carbocycles. The van der Waals surface area contributed by atoms with Crippen molar-refractivity contribution in [1.82, 2.24) is 5.32 Å². The summed E-state index contributed by atoms with van der Waals surface area (Å²) in [6.07, 6.45) is 1.00. The Kier molecular flexibility index (Phi) is 9.77. The Balaban J connectivity index is 0.000000385. The van der Waals surface area contributed by atoms with Crippen molar-refractivity contribution < 1.29 is 52.1 Å². The molecule has 0 aromatic heterocycles. The van der Waals surface area contributed by atoms with Crippen LogP contribution < -0.4 is 40.6 Å². The average molecular weight is 336 g/mol. The quantitative estimate of drug-likeness (QED) is 0.260. The molecule has 22 heavy (non-hydrogen) atoms. The third-order valence-electron chi connectivity index (χ3n) is 2.61. The maximum Gasteiger partial charge on any atom is 1.00 e. The number of nitrogen functional groups attached to an aromatic ring is 1. The molecule has 0 amide bonds. The molecular formula is C13H17N2NaO5S. The van der Waals surface area contributed by atoms with Gasteiger partial charge in [0, 0.05) is 18.8 Å². The van der Waals surface area contributed by atoms with Gasteiger partial charge in [-0.15, -0.1) is 0 Å². The van der Waals surface area contributed by atoms with Crippen LogP contribution in [0.15, 0.2) is 41.8 Å². The number of ether oxygens (including phenoxy) is 1. The van der Waals surface area contributed by atoms with E-state index in [9.17, 15) is 17.8 Å². The van der Waals surface area contributed by atoms with Crippen LogP contribution in [-0.2, 0) is 19.6 Å². The number of rotatable bonds is 3. The minimum Gasteiger partial charge on any atom is -0.744 e.